The van der Waals surface area contributed by atoms with Gasteiger partial charge in [-0.15, -0.1) is 0 Å². The van der Waals surface area contributed by atoms with Gasteiger partial charge in [-0.25, -0.2) is 0 Å². The molecule has 0 aliphatic carbocycles. The molecule has 0 fully saturated rings. The molecule has 0 saturated carbocycles. The van der Waals surface area contributed by atoms with Gasteiger partial charge in [0.05, 0.1) is 12.2 Å². The standard InChI is InChI=1S/C16H24N4/c1-12-8-14(3)20(19-12)11-13(2)18-10-16-6-4-15(9-17)5-7-16/h4-8,13,18H,9-11,17H2,1-3H3/t13-/m1/s1. The van der Waals surface area contributed by atoms with E-state index in [4.69, 9.17) is 5.73 Å². The van der Waals surface area contributed by atoms with Crippen molar-refractivity contribution in [2.75, 3.05) is 0 Å². The predicted octanol–water partition coefficient (Wildman–Crippen LogP) is 2.14. The van der Waals surface area contributed by atoms with Crippen molar-refractivity contribution in [1.82, 2.24) is 15.1 Å². The first-order valence-electron chi connectivity index (χ1n) is 7.11. The van der Waals surface area contributed by atoms with Gasteiger partial charge in [-0.05, 0) is 38.0 Å². The summed E-state index contributed by atoms with van der Waals surface area (Å²) in [5.74, 6) is 0. The Balaban J connectivity index is 1.85. The third-order valence-electron chi connectivity index (χ3n) is 3.46. The third-order valence-corrected chi connectivity index (χ3v) is 3.46. The minimum atomic E-state index is 0.377. The summed E-state index contributed by atoms with van der Waals surface area (Å²) in [6.45, 7) is 8.66. The molecule has 2 rings (SSSR count). The molecule has 3 N–H and O–H groups in total. The maximum absolute atomic E-state index is 5.60. The highest BCUT2D eigenvalue weighted by atomic mass is 15.3. The number of rotatable bonds is 6. The van der Waals surface area contributed by atoms with Crippen LogP contribution >= 0.6 is 0 Å². The molecule has 1 heterocycles. The molecular formula is C16H24N4. The molecule has 1 aromatic carbocycles. The second kappa shape index (κ2) is 6.68. The quantitative estimate of drug-likeness (QED) is 0.847. The molecule has 2 aromatic rings. The van der Waals surface area contributed by atoms with Crippen LogP contribution in [0.4, 0.5) is 0 Å². The van der Waals surface area contributed by atoms with Gasteiger partial charge in [-0.1, -0.05) is 24.3 Å². The monoisotopic (exact) mass is 272 g/mol. The highest BCUT2D eigenvalue weighted by molar-refractivity contribution is 5.22. The van der Waals surface area contributed by atoms with Gasteiger partial charge in [0.15, 0.2) is 0 Å². The zero-order valence-corrected chi connectivity index (χ0v) is 12.6. The van der Waals surface area contributed by atoms with Gasteiger partial charge in [-0.2, -0.15) is 5.10 Å². The fourth-order valence-electron chi connectivity index (χ4n) is 2.27. The van der Waals surface area contributed by atoms with Gasteiger partial charge in [0, 0.05) is 24.8 Å². The predicted molar refractivity (Wildman–Crippen MR) is 82.3 cm³/mol. The first-order valence-corrected chi connectivity index (χ1v) is 7.11. The normalized spacial score (nSPS) is 12.6. The molecule has 0 amide bonds. The van der Waals surface area contributed by atoms with E-state index < -0.39 is 0 Å². The molecule has 20 heavy (non-hydrogen) atoms. The Bertz CT molecular complexity index is 542. The van der Waals surface area contributed by atoms with Crippen LogP contribution in [0.5, 0.6) is 0 Å². The third kappa shape index (κ3) is 3.92. The van der Waals surface area contributed by atoms with E-state index in [1.807, 2.05) is 6.92 Å². The van der Waals surface area contributed by atoms with Crippen LogP contribution in [0, 0.1) is 13.8 Å². The van der Waals surface area contributed by atoms with Crippen molar-refractivity contribution in [3.05, 3.63) is 52.8 Å². The van der Waals surface area contributed by atoms with E-state index in [9.17, 15) is 0 Å². The molecular weight excluding hydrogens is 248 g/mol. The first kappa shape index (κ1) is 14.8. The molecule has 108 valence electrons. The Morgan fingerprint density at radius 3 is 2.40 bits per heavy atom. The van der Waals surface area contributed by atoms with E-state index in [1.54, 1.807) is 0 Å². The minimum absolute atomic E-state index is 0.377. The number of aromatic nitrogens is 2. The fourth-order valence-corrected chi connectivity index (χ4v) is 2.27. The van der Waals surface area contributed by atoms with Crippen molar-refractivity contribution in [1.29, 1.82) is 0 Å². The lowest BCUT2D eigenvalue weighted by Gasteiger charge is -2.15. The van der Waals surface area contributed by atoms with Crippen LogP contribution in [-0.4, -0.2) is 15.8 Å². The zero-order valence-electron chi connectivity index (χ0n) is 12.6. The van der Waals surface area contributed by atoms with Crippen LogP contribution in [0.1, 0.15) is 29.4 Å². The maximum Gasteiger partial charge on any atom is 0.0596 e. The molecule has 0 radical (unpaired) electrons. The second-order valence-corrected chi connectivity index (χ2v) is 5.41. The number of aryl methyl sites for hydroxylation is 2. The van der Waals surface area contributed by atoms with Gasteiger partial charge in [0.25, 0.3) is 0 Å². The number of benzene rings is 1. The average molecular weight is 272 g/mol. The Labute approximate surface area is 121 Å². The van der Waals surface area contributed by atoms with E-state index in [2.05, 4.69) is 59.3 Å². The Hall–Kier alpha value is -1.65. The summed E-state index contributed by atoms with van der Waals surface area (Å²) < 4.78 is 2.06. The summed E-state index contributed by atoms with van der Waals surface area (Å²) in [5, 5.41) is 8.02. The van der Waals surface area contributed by atoms with Crippen LogP contribution in [0.15, 0.2) is 30.3 Å². The first-order chi connectivity index (χ1) is 9.58. The molecule has 1 aromatic heterocycles. The van der Waals surface area contributed by atoms with Gasteiger partial charge >= 0.3 is 0 Å². The molecule has 1 atom stereocenters. The molecule has 4 heteroatoms. The number of nitrogens with zero attached hydrogens (tertiary/aromatic N) is 2. The van der Waals surface area contributed by atoms with E-state index >= 15 is 0 Å². The Morgan fingerprint density at radius 2 is 1.85 bits per heavy atom. The number of hydrogen-bond donors (Lipinski definition) is 2. The topological polar surface area (TPSA) is 55.9 Å². The summed E-state index contributed by atoms with van der Waals surface area (Å²) in [7, 11) is 0. The van der Waals surface area contributed by atoms with Gasteiger partial charge in [0.1, 0.15) is 0 Å². The zero-order chi connectivity index (χ0) is 14.5. The minimum Gasteiger partial charge on any atom is -0.326 e. The van der Waals surface area contributed by atoms with Gasteiger partial charge in [-0.3, -0.25) is 4.68 Å². The van der Waals surface area contributed by atoms with Crippen LogP contribution in [-0.2, 0) is 19.6 Å². The van der Waals surface area contributed by atoms with Crippen molar-refractivity contribution in [3.63, 3.8) is 0 Å². The molecule has 0 aliphatic rings. The summed E-state index contributed by atoms with van der Waals surface area (Å²) in [6.07, 6.45) is 0. The summed E-state index contributed by atoms with van der Waals surface area (Å²) in [5.41, 5.74) is 10.3. The van der Waals surface area contributed by atoms with Crippen LogP contribution in [0.25, 0.3) is 0 Å². The molecule has 0 unspecified atom stereocenters. The van der Waals surface area contributed by atoms with Crippen molar-refractivity contribution in [2.45, 2.75) is 46.4 Å². The van der Waals surface area contributed by atoms with E-state index in [0.717, 1.165) is 18.8 Å². The van der Waals surface area contributed by atoms with Crippen molar-refractivity contribution < 1.29 is 0 Å². The largest absolute Gasteiger partial charge is 0.326 e. The van der Waals surface area contributed by atoms with Crippen molar-refractivity contribution in [3.8, 4) is 0 Å². The molecule has 0 aliphatic heterocycles. The Morgan fingerprint density at radius 1 is 1.20 bits per heavy atom. The molecule has 4 nitrogen and oxygen atoms in total. The van der Waals surface area contributed by atoms with E-state index in [0.29, 0.717) is 12.6 Å². The summed E-state index contributed by atoms with van der Waals surface area (Å²) in [4.78, 5) is 0. The number of nitrogens with two attached hydrogens (primary N) is 1. The highest BCUT2D eigenvalue weighted by Crippen LogP contribution is 2.05. The van der Waals surface area contributed by atoms with Crippen LogP contribution in [0.2, 0.25) is 0 Å². The summed E-state index contributed by atoms with van der Waals surface area (Å²) >= 11 is 0. The average Bonchev–Trinajstić information content (AvgIpc) is 2.75. The van der Waals surface area contributed by atoms with Crippen LogP contribution < -0.4 is 11.1 Å². The van der Waals surface area contributed by atoms with E-state index in [-0.39, 0.29) is 0 Å². The smallest absolute Gasteiger partial charge is 0.0596 e. The number of hydrogen-bond acceptors (Lipinski definition) is 3. The lowest BCUT2D eigenvalue weighted by molar-refractivity contribution is 0.444. The van der Waals surface area contributed by atoms with E-state index in [1.165, 1.54) is 16.8 Å². The fraction of sp³-hybridized carbons (Fsp3) is 0.438. The second-order valence-electron chi connectivity index (χ2n) is 5.41. The molecule has 0 spiro atoms. The Kier molecular flexibility index (Phi) is 4.93. The summed E-state index contributed by atoms with van der Waals surface area (Å²) in [6, 6.07) is 10.9. The SMILES string of the molecule is Cc1cc(C)n(C[C@@H](C)NCc2ccc(CN)cc2)n1. The maximum atomic E-state index is 5.60. The highest BCUT2D eigenvalue weighted by Gasteiger charge is 2.06. The molecule has 0 saturated heterocycles. The van der Waals surface area contributed by atoms with Crippen LogP contribution in [0.3, 0.4) is 0 Å². The number of nitrogens with one attached hydrogen (secondary N) is 1. The van der Waals surface area contributed by atoms with Crippen molar-refractivity contribution >= 4 is 0 Å². The lowest BCUT2D eigenvalue weighted by Crippen LogP contribution is -2.30. The van der Waals surface area contributed by atoms with Gasteiger partial charge in [0.2, 0.25) is 0 Å². The van der Waals surface area contributed by atoms with Gasteiger partial charge < -0.3 is 11.1 Å². The molecule has 0 bridgehead atoms. The lowest BCUT2D eigenvalue weighted by atomic mass is 10.1. The van der Waals surface area contributed by atoms with Crippen molar-refractivity contribution in [2.24, 2.45) is 5.73 Å².